The third kappa shape index (κ3) is 3.55. The van der Waals surface area contributed by atoms with Gasteiger partial charge in [-0.25, -0.2) is 0 Å². The second-order valence-corrected chi connectivity index (χ2v) is 7.61. The third-order valence-corrected chi connectivity index (χ3v) is 5.59. The molecule has 0 saturated carbocycles. The molecule has 4 N–H and O–H groups in total. The Balaban J connectivity index is 1.95. The van der Waals surface area contributed by atoms with E-state index in [4.69, 9.17) is 19.9 Å². The zero-order chi connectivity index (χ0) is 22.1. The van der Waals surface area contributed by atoms with Crippen molar-refractivity contribution in [3.8, 4) is 40.5 Å². The molecule has 1 atom stereocenters. The van der Waals surface area contributed by atoms with Gasteiger partial charge in [-0.15, -0.1) is 5.10 Å². The maximum absolute atomic E-state index is 10.3. The van der Waals surface area contributed by atoms with Crippen LogP contribution in [0, 0.1) is 11.3 Å². The number of aromatic amines is 1. The Morgan fingerprint density at radius 3 is 2.87 bits per heavy atom. The van der Waals surface area contributed by atoms with E-state index < -0.39 is 5.92 Å². The van der Waals surface area contributed by atoms with Gasteiger partial charge >= 0.3 is 0 Å². The number of hydrogen-bond donors (Lipinski definition) is 3. The first kappa shape index (κ1) is 20.6. The van der Waals surface area contributed by atoms with Crippen molar-refractivity contribution in [3.63, 3.8) is 0 Å². The SMILES string of the molecule is CCOc1cc(C2C(C#N)=C(N)Oc3n[nH]c(-c4cccc(OC)c4)c32)cc(Br)c1O. The smallest absolute Gasteiger partial charge is 0.244 e. The van der Waals surface area contributed by atoms with Gasteiger partial charge in [0.2, 0.25) is 11.8 Å². The number of nitriles is 1. The quantitative estimate of drug-likeness (QED) is 0.497. The number of aromatic nitrogens is 2. The van der Waals surface area contributed by atoms with Crippen molar-refractivity contribution in [2.24, 2.45) is 5.73 Å². The second-order valence-electron chi connectivity index (χ2n) is 6.76. The van der Waals surface area contributed by atoms with Crippen molar-refractivity contribution in [1.29, 1.82) is 5.26 Å². The minimum absolute atomic E-state index is 0.0199. The van der Waals surface area contributed by atoms with Gasteiger partial charge in [-0.2, -0.15) is 5.26 Å². The van der Waals surface area contributed by atoms with Gasteiger partial charge in [0.25, 0.3) is 0 Å². The minimum atomic E-state index is -0.593. The summed E-state index contributed by atoms with van der Waals surface area (Å²) in [4.78, 5) is 0. The molecule has 0 fully saturated rings. The van der Waals surface area contributed by atoms with Crippen LogP contribution in [0.15, 0.2) is 52.3 Å². The standard InChI is InChI=1S/C22H19BrN4O4/c1-3-30-16-9-12(8-15(23)20(16)28)17-14(10-24)21(25)31-22-18(17)19(26-27-22)11-5-4-6-13(7-11)29-2/h4-9,17,28H,3,25H2,1-2H3,(H,26,27). The summed E-state index contributed by atoms with van der Waals surface area (Å²) in [6, 6.07) is 13.0. The number of allylic oxidation sites excluding steroid dienone is 1. The number of fused-ring (bicyclic) bond motifs is 1. The molecule has 1 aliphatic rings. The lowest BCUT2D eigenvalue weighted by Crippen LogP contribution is -2.21. The summed E-state index contributed by atoms with van der Waals surface area (Å²) < 4.78 is 17.0. The van der Waals surface area contributed by atoms with Crippen molar-refractivity contribution in [2.75, 3.05) is 13.7 Å². The van der Waals surface area contributed by atoms with Gasteiger partial charge in [0.1, 0.15) is 17.4 Å². The van der Waals surface area contributed by atoms with E-state index in [-0.39, 0.29) is 23.1 Å². The molecule has 0 spiro atoms. The van der Waals surface area contributed by atoms with E-state index in [1.165, 1.54) is 0 Å². The summed E-state index contributed by atoms with van der Waals surface area (Å²) in [6.07, 6.45) is 0. The number of phenolic OH excluding ortho intramolecular Hbond substituents is 1. The lowest BCUT2D eigenvalue weighted by Gasteiger charge is -2.25. The normalized spacial score (nSPS) is 15.1. The fourth-order valence-electron chi connectivity index (χ4n) is 3.60. The van der Waals surface area contributed by atoms with Crippen molar-refractivity contribution < 1.29 is 19.3 Å². The van der Waals surface area contributed by atoms with Gasteiger partial charge in [-0.1, -0.05) is 12.1 Å². The van der Waals surface area contributed by atoms with Crippen LogP contribution in [0.2, 0.25) is 0 Å². The number of aromatic hydroxyl groups is 1. The molecule has 3 aromatic rings. The second kappa shape index (κ2) is 8.24. The number of nitrogens with zero attached hydrogens (tertiary/aromatic N) is 2. The van der Waals surface area contributed by atoms with E-state index in [1.807, 2.05) is 31.2 Å². The molecule has 0 saturated heterocycles. The Labute approximate surface area is 187 Å². The van der Waals surface area contributed by atoms with E-state index >= 15 is 0 Å². The number of nitrogens with one attached hydrogen (secondary N) is 1. The zero-order valence-electron chi connectivity index (χ0n) is 16.8. The highest BCUT2D eigenvalue weighted by molar-refractivity contribution is 9.10. The Kier molecular flexibility index (Phi) is 5.48. The summed E-state index contributed by atoms with van der Waals surface area (Å²) >= 11 is 3.37. The number of H-pyrrole nitrogens is 1. The van der Waals surface area contributed by atoms with Crippen LogP contribution in [-0.4, -0.2) is 29.0 Å². The predicted molar refractivity (Wildman–Crippen MR) is 117 cm³/mol. The Morgan fingerprint density at radius 1 is 1.35 bits per heavy atom. The number of phenols is 1. The summed E-state index contributed by atoms with van der Waals surface area (Å²) in [6.45, 7) is 2.19. The largest absolute Gasteiger partial charge is 0.503 e. The molecule has 31 heavy (non-hydrogen) atoms. The third-order valence-electron chi connectivity index (χ3n) is 4.98. The first-order valence-electron chi connectivity index (χ1n) is 9.43. The summed E-state index contributed by atoms with van der Waals surface area (Å²) in [5.74, 6) is 0.614. The molecule has 0 amide bonds. The Hall–Kier alpha value is -3.64. The molecule has 0 bridgehead atoms. The highest BCUT2D eigenvalue weighted by atomic mass is 79.9. The molecule has 158 valence electrons. The molecule has 1 aliphatic heterocycles. The van der Waals surface area contributed by atoms with E-state index in [0.717, 1.165) is 5.56 Å². The average Bonchev–Trinajstić information content (AvgIpc) is 3.19. The van der Waals surface area contributed by atoms with Gasteiger partial charge in [0.15, 0.2) is 11.5 Å². The molecule has 9 heteroatoms. The number of rotatable bonds is 5. The molecular weight excluding hydrogens is 464 g/mol. The highest BCUT2D eigenvalue weighted by Gasteiger charge is 2.36. The van der Waals surface area contributed by atoms with Gasteiger partial charge in [-0.05, 0) is 52.7 Å². The summed E-state index contributed by atoms with van der Waals surface area (Å²) in [5.41, 5.74) is 9.10. The molecule has 4 rings (SSSR count). The Bertz CT molecular complexity index is 1230. The van der Waals surface area contributed by atoms with Crippen LogP contribution >= 0.6 is 15.9 Å². The molecule has 8 nitrogen and oxygen atoms in total. The number of halogens is 1. The summed E-state index contributed by atoms with van der Waals surface area (Å²) in [7, 11) is 1.59. The van der Waals surface area contributed by atoms with E-state index in [2.05, 4.69) is 32.2 Å². The number of methoxy groups -OCH3 is 1. The first-order valence-corrected chi connectivity index (χ1v) is 10.2. The average molecular weight is 483 g/mol. The molecule has 1 aromatic heterocycles. The minimum Gasteiger partial charge on any atom is -0.503 e. The van der Waals surface area contributed by atoms with Crippen molar-refractivity contribution in [3.05, 3.63) is 63.5 Å². The molecule has 0 aliphatic carbocycles. The number of benzene rings is 2. The zero-order valence-corrected chi connectivity index (χ0v) is 18.4. The maximum atomic E-state index is 10.3. The van der Waals surface area contributed by atoms with E-state index in [1.54, 1.807) is 19.2 Å². The first-order chi connectivity index (χ1) is 15.0. The molecular formula is C22H19BrN4O4. The lowest BCUT2D eigenvalue weighted by molar-refractivity contribution is 0.316. The highest BCUT2D eigenvalue weighted by Crippen LogP contribution is 2.48. The van der Waals surface area contributed by atoms with Gasteiger partial charge in [0.05, 0.1) is 35.4 Å². The van der Waals surface area contributed by atoms with Crippen molar-refractivity contribution in [1.82, 2.24) is 10.2 Å². The van der Waals surface area contributed by atoms with Crippen LogP contribution < -0.4 is 19.9 Å². The van der Waals surface area contributed by atoms with Crippen LogP contribution in [0.4, 0.5) is 0 Å². The fourth-order valence-corrected chi connectivity index (χ4v) is 4.06. The van der Waals surface area contributed by atoms with Crippen LogP contribution in [-0.2, 0) is 0 Å². The molecule has 1 unspecified atom stereocenters. The molecule has 2 aromatic carbocycles. The summed E-state index contributed by atoms with van der Waals surface area (Å²) in [5, 5.41) is 27.5. The van der Waals surface area contributed by atoms with Gasteiger partial charge in [0, 0.05) is 5.56 Å². The van der Waals surface area contributed by atoms with Crippen LogP contribution in [0.25, 0.3) is 11.3 Å². The van der Waals surface area contributed by atoms with E-state index in [9.17, 15) is 10.4 Å². The predicted octanol–water partition coefficient (Wildman–Crippen LogP) is 4.17. The van der Waals surface area contributed by atoms with Crippen LogP contribution in [0.3, 0.4) is 0 Å². The fraction of sp³-hybridized carbons (Fsp3) is 0.182. The number of ether oxygens (including phenoxy) is 3. The van der Waals surface area contributed by atoms with Crippen LogP contribution in [0.1, 0.15) is 24.0 Å². The number of nitrogens with two attached hydrogens (primary N) is 1. The van der Waals surface area contributed by atoms with Crippen molar-refractivity contribution in [2.45, 2.75) is 12.8 Å². The monoisotopic (exact) mass is 482 g/mol. The van der Waals surface area contributed by atoms with Gasteiger partial charge < -0.3 is 25.1 Å². The van der Waals surface area contributed by atoms with Crippen molar-refractivity contribution >= 4 is 15.9 Å². The Morgan fingerprint density at radius 2 is 2.16 bits per heavy atom. The number of hydrogen-bond acceptors (Lipinski definition) is 7. The van der Waals surface area contributed by atoms with E-state index in [0.29, 0.717) is 39.4 Å². The van der Waals surface area contributed by atoms with Gasteiger partial charge in [-0.3, -0.25) is 5.10 Å². The molecule has 0 radical (unpaired) electrons. The maximum Gasteiger partial charge on any atom is 0.244 e. The molecule has 2 heterocycles. The topological polar surface area (TPSA) is 126 Å². The van der Waals surface area contributed by atoms with Crippen LogP contribution in [0.5, 0.6) is 23.1 Å². The lowest BCUT2D eigenvalue weighted by atomic mass is 9.83.